The van der Waals surface area contributed by atoms with Crippen LogP contribution in [0.15, 0.2) is 24.3 Å². The summed E-state index contributed by atoms with van der Waals surface area (Å²) >= 11 is 0. The van der Waals surface area contributed by atoms with Crippen LogP contribution in [0.25, 0.3) is 0 Å². The minimum atomic E-state index is 0.0183. The number of hydrogen-bond acceptors (Lipinski definition) is 2. The molecule has 0 saturated carbocycles. The smallest absolute Gasteiger partial charge is 0.305 e. The van der Waals surface area contributed by atoms with Crippen LogP contribution in [-0.2, 0) is 9.53 Å². The van der Waals surface area contributed by atoms with Crippen molar-refractivity contribution in [3.63, 3.8) is 0 Å². The molecule has 0 aliphatic rings. The molecule has 0 aromatic carbocycles. The first-order valence-corrected chi connectivity index (χ1v) is 19.3. The van der Waals surface area contributed by atoms with Gasteiger partial charge in [0, 0.05) is 6.42 Å². The summed E-state index contributed by atoms with van der Waals surface area (Å²) in [5, 5.41) is 0. The Hall–Kier alpha value is -1.05. The lowest BCUT2D eigenvalue weighted by atomic mass is 10.1. The van der Waals surface area contributed by atoms with Crippen molar-refractivity contribution in [3.8, 4) is 0 Å². The van der Waals surface area contributed by atoms with Crippen molar-refractivity contribution in [2.75, 3.05) is 6.61 Å². The van der Waals surface area contributed by atoms with Crippen LogP contribution in [0.5, 0.6) is 0 Å². The number of rotatable bonds is 35. The van der Waals surface area contributed by atoms with Crippen molar-refractivity contribution < 1.29 is 9.53 Å². The second kappa shape index (κ2) is 38.0. The van der Waals surface area contributed by atoms with Crippen LogP contribution >= 0.6 is 0 Å². The average molecular weight is 589 g/mol. The first-order chi connectivity index (χ1) is 20.8. The molecule has 0 unspecified atom stereocenters. The molecule has 0 saturated heterocycles. The van der Waals surface area contributed by atoms with E-state index < -0.39 is 0 Å². The Balaban J connectivity index is 3.20. The van der Waals surface area contributed by atoms with Gasteiger partial charge in [-0.2, -0.15) is 0 Å². The molecule has 0 heterocycles. The van der Waals surface area contributed by atoms with E-state index >= 15 is 0 Å². The van der Waals surface area contributed by atoms with Crippen molar-refractivity contribution in [1.82, 2.24) is 0 Å². The quantitative estimate of drug-likeness (QED) is 0.0418. The number of allylic oxidation sites excluding steroid dienone is 4. The zero-order chi connectivity index (χ0) is 30.4. The van der Waals surface area contributed by atoms with E-state index in [1.807, 2.05) is 0 Å². The number of unbranched alkanes of at least 4 members (excludes halogenated alkanes) is 27. The van der Waals surface area contributed by atoms with Gasteiger partial charge in [0.25, 0.3) is 0 Å². The van der Waals surface area contributed by atoms with Crippen LogP contribution in [0.2, 0.25) is 0 Å². The van der Waals surface area contributed by atoms with Gasteiger partial charge in [0.05, 0.1) is 6.61 Å². The van der Waals surface area contributed by atoms with E-state index in [9.17, 15) is 4.79 Å². The van der Waals surface area contributed by atoms with E-state index in [4.69, 9.17) is 4.74 Å². The Morgan fingerprint density at radius 1 is 0.381 bits per heavy atom. The fourth-order valence-electron chi connectivity index (χ4n) is 5.65. The fraction of sp³-hybridized carbons (Fsp3) is 0.875. The molecule has 2 heteroatoms. The molecule has 0 aliphatic carbocycles. The van der Waals surface area contributed by atoms with Crippen molar-refractivity contribution in [2.45, 2.75) is 219 Å². The van der Waals surface area contributed by atoms with Crippen LogP contribution < -0.4 is 0 Å². The molecule has 0 radical (unpaired) electrons. The van der Waals surface area contributed by atoms with Crippen LogP contribution in [0.4, 0.5) is 0 Å². The number of carbonyl (C=O) groups is 1. The lowest BCUT2D eigenvalue weighted by Crippen LogP contribution is -2.05. The van der Waals surface area contributed by atoms with Gasteiger partial charge in [0.15, 0.2) is 0 Å². The molecule has 0 spiro atoms. The number of ether oxygens (including phenoxy) is 1. The molecule has 0 atom stereocenters. The van der Waals surface area contributed by atoms with Gasteiger partial charge in [-0.3, -0.25) is 4.79 Å². The van der Waals surface area contributed by atoms with Crippen molar-refractivity contribution in [3.05, 3.63) is 24.3 Å². The predicted octanol–water partition coefficient (Wildman–Crippen LogP) is 14.2. The molecule has 0 fully saturated rings. The van der Waals surface area contributed by atoms with E-state index in [0.717, 1.165) is 12.8 Å². The summed E-state index contributed by atoms with van der Waals surface area (Å²) in [4.78, 5) is 11.9. The zero-order valence-corrected chi connectivity index (χ0v) is 29.0. The van der Waals surface area contributed by atoms with E-state index in [0.29, 0.717) is 13.0 Å². The summed E-state index contributed by atoms with van der Waals surface area (Å²) < 4.78 is 5.45. The lowest BCUT2D eigenvalue weighted by Gasteiger charge is -2.05. The van der Waals surface area contributed by atoms with E-state index in [1.54, 1.807) is 0 Å². The first kappa shape index (κ1) is 41.0. The zero-order valence-electron chi connectivity index (χ0n) is 29.0. The van der Waals surface area contributed by atoms with E-state index in [-0.39, 0.29) is 5.97 Å². The summed E-state index contributed by atoms with van der Waals surface area (Å²) in [6.07, 6.45) is 51.1. The molecule has 0 aromatic heterocycles. The average Bonchev–Trinajstić information content (AvgIpc) is 3.00. The monoisotopic (exact) mass is 589 g/mol. The van der Waals surface area contributed by atoms with Crippen molar-refractivity contribution in [2.24, 2.45) is 0 Å². The van der Waals surface area contributed by atoms with Crippen molar-refractivity contribution in [1.29, 1.82) is 0 Å². The molecular formula is C40H76O2. The second-order valence-corrected chi connectivity index (χ2v) is 12.9. The van der Waals surface area contributed by atoms with Crippen molar-refractivity contribution >= 4 is 5.97 Å². The maximum Gasteiger partial charge on any atom is 0.305 e. The minimum Gasteiger partial charge on any atom is -0.466 e. The topological polar surface area (TPSA) is 26.3 Å². The molecule has 0 aliphatic heterocycles. The number of hydrogen-bond donors (Lipinski definition) is 0. The highest BCUT2D eigenvalue weighted by Gasteiger charge is 2.02. The number of carbonyl (C=O) groups excluding carboxylic acids is 1. The van der Waals surface area contributed by atoms with Gasteiger partial charge in [0.2, 0.25) is 0 Å². The molecule has 248 valence electrons. The Morgan fingerprint density at radius 3 is 1.05 bits per heavy atom. The molecule has 0 aromatic rings. The predicted molar refractivity (Wildman–Crippen MR) is 188 cm³/mol. The fourth-order valence-corrected chi connectivity index (χ4v) is 5.65. The SMILES string of the molecule is CCCCCC/C=C/CCCCCCCCCC(=O)OCCCCCCCCCCCC/C=C\CCCCCCCC. The highest BCUT2D eigenvalue weighted by molar-refractivity contribution is 5.69. The van der Waals surface area contributed by atoms with Crippen LogP contribution in [0.3, 0.4) is 0 Å². The Morgan fingerprint density at radius 2 is 0.667 bits per heavy atom. The van der Waals surface area contributed by atoms with Gasteiger partial charge in [-0.15, -0.1) is 0 Å². The highest BCUT2D eigenvalue weighted by atomic mass is 16.5. The highest BCUT2D eigenvalue weighted by Crippen LogP contribution is 2.14. The summed E-state index contributed by atoms with van der Waals surface area (Å²) in [6.45, 7) is 5.18. The summed E-state index contributed by atoms with van der Waals surface area (Å²) in [5.74, 6) is 0.0183. The maximum absolute atomic E-state index is 11.9. The lowest BCUT2D eigenvalue weighted by molar-refractivity contribution is -0.143. The summed E-state index contributed by atoms with van der Waals surface area (Å²) in [6, 6.07) is 0. The molecule has 42 heavy (non-hydrogen) atoms. The normalized spacial score (nSPS) is 11.8. The van der Waals surface area contributed by atoms with Crippen LogP contribution in [-0.4, -0.2) is 12.6 Å². The third kappa shape index (κ3) is 37.0. The van der Waals surface area contributed by atoms with Gasteiger partial charge in [-0.25, -0.2) is 0 Å². The Kier molecular flexibility index (Phi) is 37.0. The van der Waals surface area contributed by atoms with Crippen LogP contribution in [0.1, 0.15) is 219 Å². The van der Waals surface area contributed by atoms with Gasteiger partial charge in [-0.05, 0) is 64.2 Å². The molecule has 0 rings (SSSR count). The maximum atomic E-state index is 11.9. The van der Waals surface area contributed by atoms with Gasteiger partial charge < -0.3 is 4.74 Å². The van der Waals surface area contributed by atoms with Gasteiger partial charge in [0.1, 0.15) is 0 Å². The summed E-state index contributed by atoms with van der Waals surface area (Å²) in [7, 11) is 0. The molecule has 0 N–H and O–H groups in total. The molecule has 0 bridgehead atoms. The Labute approximate surface area is 265 Å². The van der Waals surface area contributed by atoms with Crippen LogP contribution in [0, 0.1) is 0 Å². The second-order valence-electron chi connectivity index (χ2n) is 12.9. The number of esters is 1. The third-order valence-electron chi connectivity index (χ3n) is 8.56. The van der Waals surface area contributed by atoms with E-state index in [2.05, 4.69) is 38.2 Å². The van der Waals surface area contributed by atoms with E-state index in [1.165, 1.54) is 186 Å². The van der Waals surface area contributed by atoms with Gasteiger partial charge in [-0.1, -0.05) is 173 Å². The first-order valence-electron chi connectivity index (χ1n) is 19.3. The van der Waals surface area contributed by atoms with Gasteiger partial charge >= 0.3 is 5.97 Å². The largest absolute Gasteiger partial charge is 0.466 e. The molecule has 0 amide bonds. The molecular weight excluding hydrogens is 512 g/mol. The third-order valence-corrected chi connectivity index (χ3v) is 8.56. The Bertz CT molecular complexity index is 564. The standard InChI is InChI=1S/C40H76O2/c1-3-5-7-9-11-13-15-17-19-20-21-22-23-25-27-29-31-33-35-37-39-42-40(41)38-36-34-32-30-28-26-24-18-16-14-12-10-8-6-4-2/h14,16-17,19H,3-13,15,18,20-39H2,1-2H3/b16-14+,19-17-. The molecule has 2 nitrogen and oxygen atoms in total. The minimum absolute atomic E-state index is 0.0183. The summed E-state index contributed by atoms with van der Waals surface area (Å²) in [5.41, 5.74) is 0.